The first-order chi connectivity index (χ1) is 23.7. The molecule has 13 heteroatoms. The van der Waals surface area contributed by atoms with Gasteiger partial charge in [0.15, 0.2) is 6.61 Å². The van der Waals surface area contributed by atoms with Gasteiger partial charge in [0, 0.05) is 75.2 Å². The molecule has 2 aliphatic rings. The number of halogens is 3. The number of hydrogen-bond acceptors (Lipinski definition) is 9. The first kappa shape index (κ1) is 34.1. The van der Waals surface area contributed by atoms with Gasteiger partial charge in [-0.15, -0.1) is 0 Å². The van der Waals surface area contributed by atoms with Crippen LogP contribution in [0.2, 0.25) is 0 Å². The number of carbonyl (C=O) groups is 1. The smallest absolute Gasteiger partial charge is 0.422 e. The zero-order valence-corrected chi connectivity index (χ0v) is 27.4. The number of amides is 1. The van der Waals surface area contributed by atoms with E-state index in [1.807, 2.05) is 41.3 Å². The summed E-state index contributed by atoms with van der Waals surface area (Å²) >= 11 is 0. The van der Waals surface area contributed by atoms with Crippen LogP contribution in [0.25, 0.3) is 0 Å². The van der Waals surface area contributed by atoms with Gasteiger partial charge < -0.3 is 19.1 Å². The summed E-state index contributed by atoms with van der Waals surface area (Å²) in [5.74, 6) is -0.264. The second-order valence-electron chi connectivity index (χ2n) is 12.1. The maximum atomic E-state index is 13.6. The van der Waals surface area contributed by atoms with E-state index in [0.717, 1.165) is 11.1 Å². The Balaban J connectivity index is 1.38. The number of aromatic nitrogens is 3. The minimum Gasteiger partial charge on any atom is -0.481 e. The van der Waals surface area contributed by atoms with Gasteiger partial charge in [-0.05, 0) is 30.2 Å². The van der Waals surface area contributed by atoms with Crippen molar-refractivity contribution in [3.63, 3.8) is 0 Å². The van der Waals surface area contributed by atoms with Gasteiger partial charge >= 0.3 is 12.2 Å². The number of fused-ring (bicyclic) bond motifs is 1. The minimum absolute atomic E-state index is 0.0328. The number of piperazine rings is 2. The van der Waals surface area contributed by atoms with E-state index in [2.05, 4.69) is 49.0 Å². The van der Waals surface area contributed by atoms with Crippen LogP contribution in [0.1, 0.15) is 39.9 Å². The molecule has 2 fully saturated rings. The lowest BCUT2D eigenvalue weighted by Crippen LogP contribution is -2.67. The van der Waals surface area contributed by atoms with E-state index in [9.17, 15) is 18.0 Å². The molecule has 0 saturated carbocycles. The summed E-state index contributed by atoms with van der Waals surface area (Å²) in [5.41, 5.74) is 3.15. The highest BCUT2D eigenvalue weighted by atomic mass is 19.4. The van der Waals surface area contributed by atoms with E-state index in [-0.39, 0.29) is 54.8 Å². The van der Waals surface area contributed by atoms with Gasteiger partial charge in [-0.25, -0.2) is 0 Å². The molecule has 10 nitrogen and oxygen atoms in total. The molecule has 0 radical (unpaired) electrons. The molecule has 2 aliphatic heterocycles. The molecular formula is C36H39F3N6O4. The van der Waals surface area contributed by atoms with Crippen molar-refractivity contribution in [2.75, 3.05) is 53.0 Å². The number of carbonyl (C=O) groups excluding carboxylic acids is 1. The fourth-order valence-corrected chi connectivity index (χ4v) is 6.87. The molecule has 4 heterocycles. The summed E-state index contributed by atoms with van der Waals surface area (Å²) in [6.45, 7) is 3.34. The van der Waals surface area contributed by atoms with Crippen LogP contribution in [-0.2, 0) is 6.54 Å². The summed E-state index contributed by atoms with van der Waals surface area (Å²) in [7, 11) is 1.40. The maximum Gasteiger partial charge on any atom is 0.422 e. The Labute approximate surface area is 283 Å². The van der Waals surface area contributed by atoms with Crippen molar-refractivity contribution in [1.29, 1.82) is 0 Å². The average Bonchev–Trinajstić information content (AvgIpc) is 3.12. The van der Waals surface area contributed by atoms with Crippen molar-refractivity contribution < 1.29 is 32.2 Å². The summed E-state index contributed by atoms with van der Waals surface area (Å²) in [5, 5.41) is 0. The van der Waals surface area contributed by atoms with E-state index in [0.29, 0.717) is 43.9 Å². The number of benzene rings is 2. The SMILES string of the molecule is CCOc1nc(OC)c(CN2CC3CN(C(=O)c4ccncc4)CCN3C(C(c3ccccc3)c3ccccc3)C2)c(OCC(F)(F)F)n1. The molecule has 2 unspecified atom stereocenters. The minimum atomic E-state index is -4.58. The Kier molecular flexibility index (Phi) is 10.6. The fraction of sp³-hybridized carbons (Fsp3) is 0.389. The highest BCUT2D eigenvalue weighted by Crippen LogP contribution is 2.38. The van der Waals surface area contributed by atoms with Gasteiger partial charge in [-0.3, -0.25) is 19.6 Å². The molecule has 0 spiro atoms. The molecule has 4 aromatic rings. The third-order valence-corrected chi connectivity index (χ3v) is 8.92. The number of pyridine rings is 1. The van der Waals surface area contributed by atoms with Gasteiger partial charge in [0.2, 0.25) is 11.8 Å². The van der Waals surface area contributed by atoms with Crippen LogP contribution < -0.4 is 14.2 Å². The second kappa shape index (κ2) is 15.2. The molecule has 258 valence electrons. The first-order valence-corrected chi connectivity index (χ1v) is 16.3. The van der Waals surface area contributed by atoms with Crippen LogP contribution in [-0.4, -0.2) is 107 Å². The molecule has 0 N–H and O–H groups in total. The van der Waals surface area contributed by atoms with Crippen molar-refractivity contribution >= 4 is 5.91 Å². The van der Waals surface area contributed by atoms with Crippen LogP contribution in [0, 0.1) is 0 Å². The molecule has 2 aromatic heterocycles. The van der Waals surface area contributed by atoms with E-state index in [1.165, 1.54) is 7.11 Å². The quantitative estimate of drug-likeness (QED) is 0.216. The molecule has 2 saturated heterocycles. The summed E-state index contributed by atoms with van der Waals surface area (Å²) in [6.07, 6.45) is -1.36. The zero-order valence-electron chi connectivity index (χ0n) is 27.4. The van der Waals surface area contributed by atoms with Gasteiger partial charge in [0.25, 0.3) is 5.91 Å². The third-order valence-electron chi connectivity index (χ3n) is 8.92. The molecule has 49 heavy (non-hydrogen) atoms. The Morgan fingerprint density at radius 1 is 0.878 bits per heavy atom. The fourth-order valence-electron chi connectivity index (χ4n) is 6.87. The Hall–Kier alpha value is -4.75. The Morgan fingerprint density at radius 2 is 1.53 bits per heavy atom. The normalized spacial score (nSPS) is 18.6. The predicted octanol–water partition coefficient (Wildman–Crippen LogP) is 5.06. The van der Waals surface area contributed by atoms with Crippen molar-refractivity contribution in [3.05, 3.63) is 107 Å². The standard InChI is InChI=1S/C36H39F3N6O4/c1-3-48-35-41-32(47-2)29(33(42-35)49-24-36(37,38)39)22-43-20-28-21-44(34(46)27-14-16-40-17-15-27)18-19-45(28)30(23-43)31(25-10-6-4-7-11-25)26-12-8-5-9-13-26/h4-17,28,30-31H,3,18-24H2,1-2H3. The Bertz CT molecular complexity index is 1640. The molecular weight excluding hydrogens is 637 g/mol. The monoisotopic (exact) mass is 676 g/mol. The average molecular weight is 677 g/mol. The lowest BCUT2D eigenvalue weighted by Gasteiger charge is -2.53. The molecule has 0 bridgehead atoms. The van der Waals surface area contributed by atoms with E-state index >= 15 is 0 Å². The number of nitrogens with zero attached hydrogens (tertiary/aromatic N) is 6. The van der Waals surface area contributed by atoms with Gasteiger partial charge in [-0.2, -0.15) is 23.1 Å². The van der Waals surface area contributed by atoms with Crippen molar-refractivity contribution in [3.8, 4) is 17.8 Å². The molecule has 6 rings (SSSR count). The van der Waals surface area contributed by atoms with Crippen molar-refractivity contribution in [2.24, 2.45) is 0 Å². The van der Waals surface area contributed by atoms with E-state index in [1.54, 1.807) is 31.5 Å². The maximum absolute atomic E-state index is 13.6. The second-order valence-corrected chi connectivity index (χ2v) is 12.1. The third kappa shape index (κ3) is 8.11. The van der Waals surface area contributed by atoms with Gasteiger partial charge in [0.1, 0.15) is 0 Å². The van der Waals surface area contributed by atoms with E-state index < -0.39 is 12.8 Å². The number of hydrogen-bond donors (Lipinski definition) is 0. The van der Waals surface area contributed by atoms with Crippen LogP contribution in [0.3, 0.4) is 0 Å². The highest BCUT2D eigenvalue weighted by molar-refractivity contribution is 5.94. The molecule has 2 atom stereocenters. The lowest BCUT2D eigenvalue weighted by molar-refractivity contribution is -0.154. The zero-order chi connectivity index (χ0) is 34.4. The van der Waals surface area contributed by atoms with Gasteiger partial charge in [0.05, 0.1) is 19.3 Å². The topological polar surface area (TPSA) is 93.2 Å². The van der Waals surface area contributed by atoms with Crippen molar-refractivity contribution in [2.45, 2.75) is 37.6 Å². The van der Waals surface area contributed by atoms with Crippen LogP contribution in [0.15, 0.2) is 85.2 Å². The molecule has 1 amide bonds. The van der Waals surface area contributed by atoms with Crippen LogP contribution in [0.4, 0.5) is 13.2 Å². The molecule has 0 aliphatic carbocycles. The lowest BCUT2D eigenvalue weighted by atomic mass is 9.81. The summed E-state index contributed by atoms with van der Waals surface area (Å²) < 4.78 is 56.3. The van der Waals surface area contributed by atoms with Crippen molar-refractivity contribution in [1.82, 2.24) is 29.7 Å². The summed E-state index contributed by atoms with van der Waals surface area (Å²) in [6, 6.07) is 23.8. The number of methoxy groups -OCH3 is 1. The van der Waals surface area contributed by atoms with Crippen LogP contribution >= 0.6 is 0 Å². The summed E-state index contributed by atoms with van der Waals surface area (Å²) in [4.78, 5) is 32.7. The van der Waals surface area contributed by atoms with Crippen LogP contribution in [0.5, 0.6) is 17.8 Å². The first-order valence-electron chi connectivity index (χ1n) is 16.3. The number of ether oxygens (including phenoxy) is 3. The Morgan fingerprint density at radius 3 is 2.14 bits per heavy atom. The predicted molar refractivity (Wildman–Crippen MR) is 176 cm³/mol. The number of alkyl halides is 3. The highest BCUT2D eigenvalue weighted by Gasteiger charge is 2.43. The molecule has 2 aromatic carbocycles. The van der Waals surface area contributed by atoms with E-state index in [4.69, 9.17) is 14.2 Å². The number of rotatable bonds is 11. The van der Waals surface area contributed by atoms with Gasteiger partial charge in [-0.1, -0.05) is 60.7 Å². The largest absolute Gasteiger partial charge is 0.481 e.